The van der Waals surface area contributed by atoms with Crippen molar-refractivity contribution in [2.75, 3.05) is 18.0 Å². The molecule has 0 fully saturated rings. The highest BCUT2D eigenvalue weighted by molar-refractivity contribution is 5.36. The Kier molecular flexibility index (Phi) is 4.68. The number of hydrogen-bond donors (Lipinski definition) is 1. The standard InChI is InChI=1S/C10H15F3N4/c1-2-3-17(7-10(11,12)13)9-6-15-5-8(4-14)16-9/h5-6H,2-4,7,14H2,1H3. The molecule has 1 rings (SSSR count). The maximum absolute atomic E-state index is 12.4. The Labute approximate surface area is 97.7 Å². The molecule has 1 aromatic rings. The average molecular weight is 248 g/mol. The van der Waals surface area contributed by atoms with Gasteiger partial charge in [0.2, 0.25) is 0 Å². The van der Waals surface area contributed by atoms with Gasteiger partial charge in [-0.2, -0.15) is 13.2 Å². The summed E-state index contributed by atoms with van der Waals surface area (Å²) < 4.78 is 37.1. The molecule has 0 aliphatic heterocycles. The van der Waals surface area contributed by atoms with Crippen molar-refractivity contribution in [1.82, 2.24) is 9.97 Å². The fourth-order valence-electron chi connectivity index (χ4n) is 1.41. The Morgan fingerprint density at radius 1 is 1.35 bits per heavy atom. The molecule has 2 N–H and O–H groups in total. The summed E-state index contributed by atoms with van der Waals surface area (Å²) in [5.41, 5.74) is 5.85. The van der Waals surface area contributed by atoms with Crippen LogP contribution in [0.25, 0.3) is 0 Å². The molecule has 0 atom stereocenters. The Bertz CT molecular complexity index is 354. The van der Waals surface area contributed by atoms with E-state index in [4.69, 9.17) is 5.73 Å². The van der Waals surface area contributed by atoms with E-state index in [1.165, 1.54) is 12.4 Å². The second-order valence-corrected chi connectivity index (χ2v) is 3.61. The molecular weight excluding hydrogens is 233 g/mol. The molecule has 0 spiro atoms. The minimum absolute atomic E-state index is 0.160. The molecule has 1 aromatic heterocycles. The molecule has 1 heterocycles. The molecule has 0 amide bonds. The molecule has 4 nitrogen and oxygen atoms in total. The third-order valence-electron chi connectivity index (χ3n) is 2.07. The van der Waals surface area contributed by atoms with Gasteiger partial charge in [-0.3, -0.25) is 4.98 Å². The zero-order valence-electron chi connectivity index (χ0n) is 9.54. The monoisotopic (exact) mass is 248 g/mol. The third-order valence-corrected chi connectivity index (χ3v) is 2.07. The molecule has 0 radical (unpaired) electrons. The molecule has 96 valence electrons. The molecule has 0 aromatic carbocycles. The molecule has 7 heteroatoms. The van der Waals surface area contributed by atoms with Crippen molar-refractivity contribution < 1.29 is 13.2 Å². The first-order valence-corrected chi connectivity index (χ1v) is 5.29. The Hall–Kier alpha value is -1.37. The number of nitrogens with zero attached hydrogens (tertiary/aromatic N) is 3. The highest BCUT2D eigenvalue weighted by Crippen LogP contribution is 2.20. The van der Waals surface area contributed by atoms with Crippen LogP contribution in [0.2, 0.25) is 0 Å². The number of alkyl halides is 3. The van der Waals surface area contributed by atoms with Crippen LogP contribution in [0.4, 0.5) is 19.0 Å². The van der Waals surface area contributed by atoms with E-state index in [-0.39, 0.29) is 18.9 Å². The van der Waals surface area contributed by atoms with Gasteiger partial charge in [-0.05, 0) is 6.42 Å². The van der Waals surface area contributed by atoms with Gasteiger partial charge in [0, 0.05) is 19.3 Å². The first-order valence-electron chi connectivity index (χ1n) is 5.29. The summed E-state index contributed by atoms with van der Waals surface area (Å²) in [5, 5.41) is 0. The van der Waals surface area contributed by atoms with Crippen molar-refractivity contribution in [1.29, 1.82) is 0 Å². The summed E-state index contributed by atoms with van der Waals surface area (Å²) in [7, 11) is 0. The quantitative estimate of drug-likeness (QED) is 0.862. The lowest BCUT2D eigenvalue weighted by molar-refractivity contribution is -0.119. The maximum Gasteiger partial charge on any atom is 0.405 e. The lowest BCUT2D eigenvalue weighted by Gasteiger charge is -2.24. The summed E-state index contributed by atoms with van der Waals surface area (Å²) in [6, 6.07) is 0. The van der Waals surface area contributed by atoms with Crippen molar-refractivity contribution in [2.45, 2.75) is 26.1 Å². The van der Waals surface area contributed by atoms with Gasteiger partial charge in [0.1, 0.15) is 12.4 Å². The molecule has 0 unspecified atom stereocenters. The number of hydrogen-bond acceptors (Lipinski definition) is 4. The minimum Gasteiger partial charge on any atom is -0.346 e. The van der Waals surface area contributed by atoms with E-state index < -0.39 is 12.7 Å². The average Bonchev–Trinajstić information content (AvgIpc) is 2.27. The van der Waals surface area contributed by atoms with Crippen molar-refractivity contribution in [2.24, 2.45) is 5.73 Å². The van der Waals surface area contributed by atoms with Crippen LogP contribution in [-0.2, 0) is 6.54 Å². The number of anilines is 1. The van der Waals surface area contributed by atoms with Crippen LogP contribution in [0.1, 0.15) is 19.0 Å². The molecule has 0 aliphatic rings. The third kappa shape index (κ3) is 4.56. The van der Waals surface area contributed by atoms with Crippen LogP contribution in [-0.4, -0.2) is 29.2 Å². The number of rotatable bonds is 5. The molecule has 0 saturated heterocycles. The van der Waals surface area contributed by atoms with Gasteiger partial charge >= 0.3 is 6.18 Å². The van der Waals surface area contributed by atoms with E-state index in [0.717, 1.165) is 4.90 Å². The van der Waals surface area contributed by atoms with Gasteiger partial charge in [0.05, 0.1) is 11.9 Å². The van der Waals surface area contributed by atoms with Gasteiger partial charge < -0.3 is 10.6 Å². The summed E-state index contributed by atoms with van der Waals surface area (Å²) in [6.45, 7) is 1.22. The van der Waals surface area contributed by atoms with E-state index >= 15 is 0 Å². The Balaban J connectivity index is 2.88. The lowest BCUT2D eigenvalue weighted by Crippen LogP contribution is -2.35. The molecule has 0 bridgehead atoms. The zero-order chi connectivity index (χ0) is 12.9. The largest absolute Gasteiger partial charge is 0.405 e. The maximum atomic E-state index is 12.4. The van der Waals surface area contributed by atoms with Crippen LogP contribution < -0.4 is 10.6 Å². The molecule has 0 aliphatic carbocycles. The normalized spacial score (nSPS) is 11.6. The van der Waals surface area contributed by atoms with Crippen LogP contribution >= 0.6 is 0 Å². The van der Waals surface area contributed by atoms with E-state index in [1.54, 1.807) is 0 Å². The highest BCUT2D eigenvalue weighted by atomic mass is 19.4. The van der Waals surface area contributed by atoms with Crippen molar-refractivity contribution in [3.05, 3.63) is 18.1 Å². The minimum atomic E-state index is -4.25. The first-order chi connectivity index (χ1) is 7.96. The SMILES string of the molecule is CCCN(CC(F)(F)F)c1cncc(CN)n1. The number of halogens is 3. The van der Waals surface area contributed by atoms with E-state index in [2.05, 4.69) is 9.97 Å². The van der Waals surface area contributed by atoms with E-state index in [0.29, 0.717) is 12.1 Å². The molecular formula is C10H15F3N4. The fourth-order valence-corrected chi connectivity index (χ4v) is 1.41. The van der Waals surface area contributed by atoms with Gasteiger partial charge in [-0.25, -0.2) is 4.98 Å². The van der Waals surface area contributed by atoms with Crippen LogP contribution in [0.3, 0.4) is 0 Å². The van der Waals surface area contributed by atoms with Crippen molar-refractivity contribution >= 4 is 5.82 Å². The second kappa shape index (κ2) is 5.81. The number of aromatic nitrogens is 2. The van der Waals surface area contributed by atoms with Gasteiger partial charge in [0.15, 0.2) is 0 Å². The van der Waals surface area contributed by atoms with Gasteiger partial charge in [-0.1, -0.05) is 6.92 Å². The second-order valence-electron chi connectivity index (χ2n) is 3.61. The summed E-state index contributed by atoms with van der Waals surface area (Å²) in [6.07, 6.45) is -0.887. The summed E-state index contributed by atoms with van der Waals surface area (Å²) in [4.78, 5) is 9.03. The van der Waals surface area contributed by atoms with Crippen molar-refractivity contribution in [3.8, 4) is 0 Å². The van der Waals surface area contributed by atoms with Gasteiger partial charge in [0.25, 0.3) is 0 Å². The topological polar surface area (TPSA) is 55.0 Å². The fraction of sp³-hybridized carbons (Fsp3) is 0.600. The highest BCUT2D eigenvalue weighted by Gasteiger charge is 2.31. The predicted molar refractivity (Wildman–Crippen MR) is 58.5 cm³/mol. The van der Waals surface area contributed by atoms with E-state index in [9.17, 15) is 13.2 Å². The zero-order valence-corrected chi connectivity index (χ0v) is 9.54. The first kappa shape index (κ1) is 13.7. The lowest BCUT2D eigenvalue weighted by atomic mass is 10.3. The van der Waals surface area contributed by atoms with Crippen LogP contribution in [0.15, 0.2) is 12.4 Å². The Morgan fingerprint density at radius 3 is 2.59 bits per heavy atom. The molecule has 0 saturated carbocycles. The van der Waals surface area contributed by atoms with E-state index in [1.807, 2.05) is 6.92 Å². The predicted octanol–water partition coefficient (Wildman–Crippen LogP) is 1.71. The van der Waals surface area contributed by atoms with Gasteiger partial charge in [-0.15, -0.1) is 0 Å². The summed E-state index contributed by atoms with van der Waals surface area (Å²) >= 11 is 0. The van der Waals surface area contributed by atoms with Crippen LogP contribution in [0.5, 0.6) is 0 Å². The smallest absolute Gasteiger partial charge is 0.346 e. The van der Waals surface area contributed by atoms with Crippen molar-refractivity contribution in [3.63, 3.8) is 0 Å². The van der Waals surface area contributed by atoms with Crippen LogP contribution in [0, 0.1) is 0 Å². The Morgan fingerprint density at radius 2 is 2.06 bits per heavy atom. The molecule has 17 heavy (non-hydrogen) atoms. The summed E-state index contributed by atoms with van der Waals surface area (Å²) in [5.74, 6) is 0.215. The number of nitrogens with two attached hydrogens (primary N) is 1.